The van der Waals surface area contributed by atoms with E-state index in [1.807, 2.05) is 0 Å². The SMILES string of the molecule is O=C(O)c1cc(Cl)ccc1OB(O)Oc1ccc(Cl)cc1C(=O)O. The number of carboxylic acids is 2. The highest BCUT2D eigenvalue weighted by Gasteiger charge is 2.26. The van der Waals surface area contributed by atoms with Crippen LogP contribution in [0.5, 0.6) is 11.5 Å². The Labute approximate surface area is 146 Å². The van der Waals surface area contributed by atoms with Crippen LogP contribution in [0.3, 0.4) is 0 Å². The van der Waals surface area contributed by atoms with Gasteiger partial charge in [0.1, 0.15) is 22.6 Å². The molecule has 0 unspecified atom stereocenters. The van der Waals surface area contributed by atoms with Crippen LogP contribution in [0.25, 0.3) is 0 Å². The van der Waals surface area contributed by atoms with Crippen molar-refractivity contribution < 1.29 is 34.1 Å². The molecule has 10 heteroatoms. The van der Waals surface area contributed by atoms with Crippen molar-refractivity contribution in [3.63, 3.8) is 0 Å². The highest BCUT2D eigenvalue weighted by molar-refractivity contribution is 6.37. The van der Waals surface area contributed by atoms with Crippen LogP contribution >= 0.6 is 23.2 Å². The highest BCUT2D eigenvalue weighted by Crippen LogP contribution is 2.26. The van der Waals surface area contributed by atoms with E-state index in [-0.39, 0.29) is 32.7 Å². The van der Waals surface area contributed by atoms with Crippen molar-refractivity contribution in [3.8, 4) is 11.5 Å². The Morgan fingerprint density at radius 2 is 1.21 bits per heavy atom. The lowest BCUT2D eigenvalue weighted by atomic mass is 10.1. The summed E-state index contributed by atoms with van der Waals surface area (Å²) in [6.45, 7) is 0. The summed E-state index contributed by atoms with van der Waals surface area (Å²) in [5.41, 5.74) is -0.584. The smallest absolute Gasteiger partial charge is 0.500 e. The number of carbonyl (C=O) groups is 2. The molecule has 0 aliphatic heterocycles. The average molecular weight is 371 g/mol. The fourth-order valence-corrected chi connectivity index (χ4v) is 2.13. The van der Waals surface area contributed by atoms with E-state index >= 15 is 0 Å². The third kappa shape index (κ3) is 4.32. The molecule has 0 aromatic heterocycles. The van der Waals surface area contributed by atoms with Gasteiger partial charge in [-0.2, -0.15) is 0 Å². The molecule has 3 N–H and O–H groups in total. The number of benzene rings is 2. The number of aromatic carboxylic acids is 2. The summed E-state index contributed by atoms with van der Waals surface area (Å²) in [5.74, 6) is -3.05. The van der Waals surface area contributed by atoms with Gasteiger partial charge in [0.15, 0.2) is 0 Å². The number of halogens is 2. The molecule has 7 nitrogen and oxygen atoms in total. The zero-order chi connectivity index (χ0) is 17.9. The molecule has 24 heavy (non-hydrogen) atoms. The van der Waals surface area contributed by atoms with Crippen LogP contribution < -0.4 is 9.31 Å². The Balaban J connectivity index is 2.22. The van der Waals surface area contributed by atoms with E-state index in [0.717, 1.165) is 12.1 Å². The quantitative estimate of drug-likeness (QED) is 0.670. The minimum Gasteiger partial charge on any atom is -0.500 e. The van der Waals surface area contributed by atoms with Crippen molar-refractivity contribution in [1.29, 1.82) is 0 Å². The summed E-state index contributed by atoms with van der Waals surface area (Å²) >= 11 is 11.4. The van der Waals surface area contributed by atoms with E-state index in [1.54, 1.807) is 0 Å². The number of hydrogen-bond donors (Lipinski definition) is 3. The van der Waals surface area contributed by atoms with Crippen molar-refractivity contribution >= 4 is 42.5 Å². The van der Waals surface area contributed by atoms with E-state index in [2.05, 4.69) is 0 Å². The molecule has 0 saturated carbocycles. The summed E-state index contributed by atoms with van der Waals surface area (Å²) < 4.78 is 10.00. The molecule has 2 aromatic rings. The molecule has 0 fully saturated rings. The molecule has 0 aliphatic carbocycles. The molecular weight excluding hydrogens is 362 g/mol. The fraction of sp³-hybridized carbons (Fsp3) is 0. The fourth-order valence-electron chi connectivity index (χ4n) is 1.79. The zero-order valence-electron chi connectivity index (χ0n) is 11.8. The Hall–Kier alpha value is -2.42. The molecule has 0 saturated heterocycles. The van der Waals surface area contributed by atoms with Crippen LogP contribution in [0, 0.1) is 0 Å². The number of carboxylic acid groups (broad SMARTS) is 2. The molecule has 0 heterocycles. The van der Waals surface area contributed by atoms with Gasteiger partial charge in [-0.1, -0.05) is 23.2 Å². The second kappa shape index (κ2) is 7.44. The second-order valence-corrected chi connectivity index (χ2v) is 5.31. The van der Waals surface area contributed by atoms with E-state index in [0.29, 0.717) is 0 Å². The molecule has 0 aliphatic rings. The molecule has 0 spiro atoms. The van der Waals surface area contributed by atoms with Crippen molar-refractivity contribution in [2.75, 3.05) is 0 Å². The Bertz CT molecular complexity index is 731. The Morgan fingerprint density at radius 3 is 1.54 bits per heavy atom. The number of rotatable bonds is 6. The minimum absolute atomic E-state index is 0.168. The van der Waals surface area contributed by atoms with Crippen LogP contribution in [0.1, 0.15) is 20.7 Å². The first kappa shape index (κ1) is 17.9. The van der Waals surface area contributed by atoms with Gasteiger partial charge in [0.2, 0.25) is 0 Å². The second-order valence-electron chi connectivity index (χ2n) is 4.43. The molecular formula is C14H9BCl2O7. The molecule has 0 atom stereocenters. The van der Waals surface area contributed by atoms with Crippen LogP contribution in [0.15, 0.2) is 36.4 Å². The van der Waals surface area contributed by atoms with E-state index in [9.17, 15) is 14.6 Å². The normalized spacial score (nSPS) is 10.1. The first-order valence-electron chi connectivity index (χ1n) is 6.35. The lowest BCUT2D eigenvalue weighted by Gasteiger charge is -2.14. The van der Waals surface area contributed by atoms with Gasteiger partial charge in [-0.05, 0) is 36.4 Å². The predicted molar refractivity (Wildman–Crippen MR) is 86.1 cm³/mol. The van der Waals surface area contributed by atoms with Gasteiger partial charge in [-0.15, -0.1) is 0 Å². The van der Waals surface area contributed by atoms with Gasteiger partial charge in [0, 0.05) is 10.0 Å². The summed E-state index contributed by atoms with van der Waals surface area (Å²) in [6.07, 6.45) is 0. The maximum absolute atomic E-state index is 11.1. The van der Waals surface area contributed by atoms with E-state index in [4.69, 9.17) is 42.7 Å². The van der Waals surface area contributed by atoms with Crippen molar-refractivity contribution in [1.82, 2.24) is 0 Å². The van der Waals surface area contributed by atoms with Crippen LogP contribution in [0.2, 0.25) is 10.0 Å². The molecule has 124 valence electrons. The molecule has 0 amide bonds. The Kier molecular flexibility index (Phi) is 5.56. The maximum atomic E-state index is 11.1. The van der Waals surface area contributed by atoms with Crippen LogP contribution in [0.4, 0.5) is 0 Å². The van der Waals surface area contributed by atoms with Crippen LogP contribution in [-0.2, 0) is 0 Å². The summed E-state index contributed by atoms with van der Waals surface area (Å²) in [7, 11) is -1.96. The lowest BCUT2D eigenvalue weighted by Crippen LogP contribution is -2.31. The van der Waals surface area contributed by atoms with Gasteiger partial charge in [-0.3, -0.25) is 0 Å². The van der Waals surface area contributed by atoms with E-state index in [1.165, 1.54) is 24.3 Å². The minimum atomic E-state index is -1.96. The predicted octanol–water partition coefficient (Wildman–Crippen LogP) is 2.82. The first-order chi connectivity index (χ1) is 11.3. The summed E-state index contributed by atoms with van der Waals surface area (Å²) in [6, 6.07) is 7.46. The van der Waals surface area contributed by atoms with Crippen molar-refractivity contribution in [3.05, 3.63) is 57.6 Å². The van der Waals surface area contributed by atoms with Crippen molar-refractivity contribution in [2.45, 2.75) is 0 Å². The van der Waals surface area contributed by atoms with Gasteiger partial charge in [0.05, 0.1) is 0 Å². The van der Waals surface area contributed by atoms with Crippen LogP contribution in [-0.4, -0.2) is 34.5 Å². The molecule has 2 aromatic carbocycles. The third-order valence-corrected chi connectivity index (χ3v) is 3.27. The topological polar surface area (TPSA) is 113 Å². The van der Waals surface area contributed by atoms with Gasteiger partial charge in [0.25, 0.3) is 0 Å². The third-order valence-electron chi connectivity index (χ3n) is 2.80. The van der Waals surface area contributed by atoms with Crippen molar-refractivity contribution in [2.24, 2.45) is 0 Å². The average Bonchev–Trinajstić information content (AvgIpc) is 2.50. The van der Waals surface area contributed by atoms with E-state index < -0.39 is 19.3 Å². The zero-order valence-corrected chi connectivity index (χ0v) is 13.3. The monoisotopic (exact) mass is 370 g/mol. The van der Waals surface area contributed by atoms with Gasteiger partial charge >= 0.3 is 19.3 Å². The number of hydrogen-bond acceptors (Lipinski definition) is 5. The molecule has 2 rings (SSSR count). The maximum Gasteiger partial charge on any atom is 0.785 e. The lowest BCUT2D eigenvalue weighted by molar-refractivity contribution is 0.0684. The summed E-state index contributed by atoms with van der Waals surface area (Å²) in [4.78, 5) is 22.3. The molecule has 0 radical (unpaired) electrons. The first-order valence-corrected chi connectivity index (χ1v) is 7.10. The van der Waals surface area contributed by atoms with Gasteiger partial charge in [-0.25, -0.2) is 9.59 Å². The molecule has 0 bridgehead atoms. The van der Waals surface area contributed by atoms with Gasteiger partial charge < -0.3 is 24.5 Å². The Morgan fingerprint density at radius 1 is 0.833 bits per heavy atom. The largest absolute Gasteiger partial charge is 0.785 e. The highest BCUT2D eigenvalue weighted by atomic mass is 35.5. The standard InChI is InChI=1S/C14H9BCl2O7/c16-7-1-3-11(9(5-7)13(18)19)23-15(22)24-12-4-2-8(17)6-10(12)14(20)21/h1-6,22H,(H,18,19)(H,20,21). The summed E-state index contributed by atoms with van der Waals surface area (Å²) in [5, 5.41) is 28.3.